The van der Waals surface area contributed by atoms with Gasteiger partial charge in [-0.3, -0.25) is 4.90 Å². The maximum Gasteiger partial charge on any atom is 0.307 e. The number of rotatable bonds is 3. The number of hydrogen-bond acceptors (Lipinski definition) is 4. The minimum Gasteiger partial charge on any atom is -0.456 e. The Morgan fingerprint density at radius 3 is 2.21 bits per heavy atom. The van der Waals surface area contributed by atoms with Crippen molar-refractivity contribution in [1.82, 2.24) is 4.98 Å². The van der Waals surface area contributed by atoms with Crippen molar-refractivity contribution in [2.24, 2.45) is 0 Å². The van der Waals surface area contributed by atoms with Gasteiger partial charge in [0.15, 0.2) is 5.58 Å². The first kappa shape index (κ1) is 23.4. The zero-order valence-corrected chi connectivity index (χ0v) is 23.3. The predicted molar refractivity (Wildman–Crippen MR) is 171 cm³/mol. The maximum absolute atomic E-state index is 6.64. The van der Waals surface area contributed by atoms with Crippen LogP contribution < -0.4 is 4.90 Å². The van der Waals surface area contributed by atoms with Gasteiger partial charge in [0, 0.05) is 27.6 Å². The zero-order chi connectivity index (χ0) is 28.0. The summed E-state index contributed by atoms with van der Waals surface area (Å²) in [5, 5.41) is 4.36. The fraction of sp³-hybridized carbons (Fsp3) is 0.0789. The molecule has 42 heavy (non-hydrogen) atoms. The Hall–Kier alpha value is -5.35. The lowest BCUT2D eigenvalue weighted by molar-refractivity contribution is 0.611. The monoisotopic (exact) mass is 542 g/mol. The van der Waals surface area contributed by atoms with Crippen LogP contribution in [0.4, 0.5) is 17.4 Å². The summed E-state index contributed by atoms with van der Waals surface area (Å²) in [6, 6.07) is 42.9. The third kappa shape index (κ3) is 3.20. The molecular formula is C38H26N2O2. The van der Waals surface area contributed by atoms with Gasteiger partial charge < -0.3 is 8.83 Å². The van der Waals surface area contributed by atoms with Gasteiger partial charge in [0.1, 0.15) is 16.7 Å². The molecule has 4 heteroatoms. The van der Waals surface area contributed by atoms with Gasteiger partial charge >= 0.3 is 6.01 Å². The van der Waals surface area contributed by atoms with Crippen LogP contribution in [0.25, 0.3) is 54.9 Å². The van der Waals surface area contributed by atoms with Gasteiger partial charge in [-0.05, 0) is 64.0 Å². The first-order chi connectivity index (χ1) is 20.6. The van der Waals surface area contributed by atoms with E-state index in [2.05, 4.69) is 104 Å². The SMILES string of the molecule is CC1(C)c2ccccc2-c2cc(N(c3ccc4c(c3)oc3ccccc34)c3nc4ccc5ccccc5c4o3)ccc21. The van der Waals surface area contributed by atoms with Crippen LogP contribution in [0.1, 0.15) is 25.0 Å². The average Bonchev–Trinajstić information content (AvgIpc) is 3.68. The van der Waals surface area contributed by atoms with Gasteiger partial charge in [-0.15, -0.1) is 0 Å². The van der Waals surface area contributed by atoms with Gasteiger partial charge in [-0.1, -0.05) is 92.7 Å². The second kappa shape index (κ2) is 8.34. The van der Waals surface area contributed by atoms with Crippen molar-refractivity contribution in [1.29, 1.82) is 0 Å². The zero-order valence-electron chi connectivity index (χ0n) is 23.3. The van der Waals surface area contributed by atoms with E-state index in [0.717, 1.165) is 55.2 Å². The number of para-hydroxylation sites is 1. The summed E-state index contributed by atoms with van der Waals surface area (Å²) < 4.78 is 12.9. The van der Waals surface area contributed by atoms with Gasteiger partial charge in [-0.2, -0.15) is 4.98 Å². The number of aromatic nitrogens is 1. The highest BCUT2D eigenvalue weighted by Gasteiger charge is 2.35. The van der Waals surface area contributed by atoms with Crippen molar-refractivity contribution < 1.29 is 8.83 Å². The van der Waals surface area contributed by atoms with Crippen molar-refractivity contribution in [3.05, 3.63) is 132 Å². The van der Waals surface area contributed by atoms with E-state index in [0.29, 0.717) is 6.01 Å². The van der Waals surface area contributed by atoms with Crippen molar-refractivity contribution in [2.45, 2.75) is 19.3 Å². The molecule has 0 saturated heterocycles. The van der Waals surface area contributed by atoms with E-state index in [1.54, 1.807) is 0 Å². The molecule has 1 aliphatic carbocycles. The molecule has 0 N–H and O–H groups in total. The van der Waals surface area contributed by atoms with E-state index in [-0.39, 0.29) is 5.41 Å². The van der Waals surface area contributed by atoms with E-state index >= 15 is 0 Å². The molecule has 0 amide bonds. The van der Waals surface area contributed by atoms with Crippen LogP contribution in [-0.2, 0) is 5.41 Å². The van der Waals surface area contributed by atoms with Crippen LogP contribution in [0, 0.1) is 0 Å². The van der Waals surface area contributed by atoms with Crippen LogP contribution in [0.15, 0.2) is 130 Å². The Balaban J connectivity index is 1.30. The summed E-state index contributed by atoms with van der Waals surface area (Å²) in [6.07, 6.45) is 0. The van der Waals surface area contributed by atoms with Crippen molar-refractivity contribution in [3.63, 3.8) is 0 Å². The standard InChI is InChI=1S/C38H26N2O2/c1-38(2)31-13-7-5-11-27(31)30-21-24(17-19-32(30)38)40(25-16-18-29-28-12-6-8-14-34(28)41-35(29)22-25)37-39-33-20-15-23-9-3-4-10-26(23)36(33)42-37/h3-22H,1-2H3. The van der Waals surface area contributed by atoms with Gasteiger partial charge in [0.25, 0.3) is 0 Å². The minimum atomic E-state index is -0.0704. The van der Waals surface area contributed by atoms with Crippen LogP contribution in [0.2, 0.25) is 0 Å². The molecule has 2 aromatic heterocycles. The molecule has 0 saturated carbocycles. The summed E-state index contributed by atoms with van der Waals surface area (Å²) in [5.41, 5.74) is 10.3. The molecule has 6 aromatic carbocycles. The van der Waals surface area contributed by atoms with Crippen LogP contribution in [0.3, 0.4) is 0 Å². The van der Waals surface area contributed by atoms with E-state index < -0.39 is 0 Å². The highest BCUT2D eigenvalue weighted by Crippen LogP contribution is 2.51. The molecule has 200 valence electrons. The smallest absolute Gasteiger partial charge is 0.307 e. The van der Waals surface area contributed by atoms with Crippen LogP contribution in [0.5, 0.6) is 0 Å². The largest absolute Gasteiger partial charge is 0.456 e. The van der Waals surface area contributed by atoms with E-state index in [1.807, 2.05) is 36.4 Å². The molecule has 1 aliphatic rings. The second-order valence-corrected chi connectivity index (χ2v) is 11.6. The molecule has 0 fully saturated rings. The number of furan rings is 1. The first-order valence-corrected chi connectivity index (χ1v) is 14.3. The molecule has 2 heterocycles. The molecule has 0 spiro atoms. The fourth-order valence-corrected chi connectivity index (χ4v) is 6.81. The van der Waals surface area contributed by atoms with Crippen LogP contribution in [-0.4, -0.2) is 4.98 Å². The molecule has 8 aromatic rings. The minimum absolute atomic E-state index is 0.0704. The Kier molecular flexibility index (Phi) is 4.64. The van der Waals surface area contributed by atoms with E-state index in [4.69, 9.17) is 13.8 Å². The predicted octanol–water partition coefficient (Wildman–Crippen LogP) is 10.7. The quantitative estimate of drug-likeness (QED) is 0.223. The summed E-state index contributed by atoms with van der Waals surface area (Å²) in [6.45, 7) is 4.60. The van der Waals surface area contributed by atoms with Gasteiger partial charge in [0.05, 0.1) is 11.4 Å². The first-order valence-electron chi connectivity index (χ1n) is 14.3. The number of anilines is 3. The van der Waals surface area contributed by atoms with E-state index in [9.17, 15) is 0 Å². The summed E-state index contributed by atoms with van der Waals surface area (Å²) in [4.78, 5) is 7.14. The normalized spacial score (nSPS) is 13.7. The lowest BCUT2D eigenvalue weighted by Crippen LogP contribution is -2.15. The Morgan fingerprint density at radius 1 is 0.571 bits per heavy atom. The molecule has 0 radical (unpaired) electrons. The third-order valence-electron chi connectivity index (χ3n) is 8.91. The molecule has 0 bridgehead atoms. The number of nitrogens with zero attached hydrogens (tertiary/aromatic N) is 2. The van der Waals surface area contributed by atoms with Crippen molar-refractivity contribution >= 4 is 61.2 Å². The third-order valence-corrected chi connectivity index (χ3v) is 8.91. The highest BCUT2D eigenvalue weighted by atomic mass is 16.4. The number of benzene rings is 6. The molecule has 0 unspecified atom stereocenters. The summed E-state index contributed by atoms with van der Waals surface area (Å²) in [5.74, 6) is 0. The molecule has 0 aliphatic heterocycles. The van der Waals surface area contributed by atoms with Crippen LogP contribution >= 0.6 is 0 Å². The van der Waals surface area contributed by atoms with Crippen molar-refractivity contribution in [3.8, 4) is 11.1 Å². The number of hydrogen-bond donors (Lipinski definition) is 0. The lowest BCUT2D eigenvalue weighted by Gasteiger charge is -2.24. The Morgan fingerprint density at radius 2 is 1.29 bits per heavy atom. The Bertz CT molecular complexity index is 2360. The van der Waals surface area contributed by atoms with Gasteiger partial charge in [0.2, 0.25) is 0 Å². The summed E-state index contributed by atoms with van der Waals surface area (Å²) in [7, 11) is 0. The topological polar surface area (TPSA) is 42.4 Å². The maximum atomic E-state index is 6.64. The highest BCUT2D eigenvalue weighted by molar-refractivity contribution is 6.06. The Labute approximate surface area is 242 Å². The fourth-order valence-electron chi connectivity index (χ4n) is 6.81. The molecule has 4 nitrogen and oxygen atoms in total. The number of oxazole rings is 1. The molecular weight excluding hydrogens is 516 g/mol. The molecule has 0 atom stereocenters. The molecule has 9 rings (SSSR count). The summed E-state index contributed by atoms with van der Waals surface area (Å²) >= 11 is 0. The van der Waals surface area contributed by atoms with E-state index in [1.165, 1.54) is 22.3 Å². The second-order valence-electron chi connectivity index (χ2n) is 11.6. The van der Waals surface area contributed by atoms with Crippen molar-refractivity contribution in [2.75, 3.05) is 4.90 Å². The lowest BCUT2D eigenvalue weighted by atomic mass is 9.82. The number of fused-ring (bicyclic) bond motifs is 9. The average molecular weight is 543 g/mol. The van der Waals surface area contributed by atoms with Gasteiger partial charge in [-0.25, -0.2) is 0 Å².